The molecule has 0 atom stereocenters. The highest BCUT2D eigenvalue weighted by Crippen LogP contribution is 2.23. The third kappa shape index (κ3) is 2.51. The molecule has 0 amide bonds. The lowest BCUT2D eigenvalue weighted by atomic mass is 9.97. The van der Waals surface area contributed by atoms with Gasteiger partial charge in [-0.15, -0.1) is 0 Å². The highest BCUT2D eigenvalue weighted by atomic mass is 19.1. The lowest BCUT2D eigenvalue weighted by molar-refractivity contribution is 0.0992. The number of hydrogen-bond acceptors (Lipinski definition) is 1. The summed E-state index contributed by atoms with van der Waals surface area (Å²) in [7, 11) is 0. The van der Waals surface area contributed by atoms with Gasteiger partial charge < -0.3 is 0 Å². The van der Waals surface area contributed by atoms with Crippen molar-refractivity contribution in [2.45, 2.75) is 32.6 Å². The molecule has 0 unspecified atom stereocenters. The Morgan fingerprint density at radius 3 is 2.70 bits per heavy atom. The van der Waals surface area contributed by atoms with E-state index in [1.165, 1.54) is 29.7 Å². The Morgan fingerprint density at radius 1 is 1.10 bits per heavy atom. The maximum Gasteiger partial charge on any atom is 0.167 e. The number of carbonyl (C=O) groups is 1. The van der Waals surface area contributed by atoms with Gasteiger partial charge in [0.15, 0.2) is 5.78 Å². The molecule has 0 aliphatic heterocycles. The van der Waals surface area contributed by atoms with Gasteiger partial charge in [0.2, 0.25) is 0 Å². The zero-order valence-corrected chi connectivity index (χ0v) is 11.6. The summed E-state index contributed by atoms with van der Waals surface area (Å²) >= 11 is 0. The Labute approximate surface area is 118 Å². The first-order valence-electron chi connectivity index (χ1n) is 7.03. The molecule has 0 saturated heterocycles. The van der Waals surface area contributed by atoms with Crippen molar-refractivity contribution >= 4 is 5.78 Å². The maximum atomic E-state index is 13.1. The Hall–Kier alpha value is -1.96. The fourth-order valence-corrected chi connectivity index (χ4v) is 2.88. The second-order valence-electron chi connectivity index (χ2n) is 5.51. The molecule has 0 heterocycles. The van der Waals surface area contributed by atoms with Gasteiger partial charge in [-0.3, -0.25) is 4.79 Å². The van der Waals surface area contributed by atoms with Gasteiger partial charge in [-0.05, 0) is 66.6 Å². The minimum Gasteiger partial charge on any atom is -0.294 e. The van der Waals surface area contributed by atoms with Crippen molar-refractivity contribution in [3.8, 4) is 0 Å². The SMILES string of the molecule is Cc1cc(F)ccc1CC(=O)c1ccc2c(c1)CCC2. The normalized spacial score (nSPS) is 13.3. The highest BCUT2D eigenvalue weighted by Gasteiger charge is 2.14. The minimum absolute atomic E-state index is 0.106. The third-order valence-corrected chi connectivity index (χ3v) is 4.08. The second-order valence-corrected chi connectivity index (χ2v) is 5.51. The molecule has 3 rings (SSSR count). The molecule has 102 valence electrons. The first-order chi connectivity index (χ1) is 9.63. The van der Waals surface area contributed by atoms with Crippen molar-refractivity contribution in [1.29, 1.82) is 0 Å². The summed E-state index contributed by atoms with van der Waals surface area (Å²) in [4.78, 5) is 12.4. The van der Waals surface area contributed by atoms with E-state index < -0.39 is 0 Å². The van der Waals surface area contributed by atoms with Crippen LogP contribution < -0.4 is 0 Å². The lowest BCUT2D eigenvalue weighted by Gasteiger charge is -2.07. The van der Waals surface area contributed by atoms with Crippen LogP contribution >= 0.6 is 0 Å². The van der Waals surface area contributed by atoms with Crippen LogP contribution in [0, 0.1) is 12.7 Å². The van der Waals surface area contributed by atoms with E-state index in [1.807, 2.05) is 19.1 Å². The molecule has 0 bridgehead atoms. The Morgan fingerprint density at radius 2 is 1.90 bits per heavy atom. The summed E-state index contributed by atoms with van der Waals surface area (Å²) in [6.07, 6.45) is 3.72. The van der Waals surface area contributed by atoms with E-state index in [9.17, 15) is 9.18 Å². The minimum atomic E-state index is -0.253. The quantitative estimate of drug-likeness (QED) is 0.768. The number of aryl methyl sites for hydroxylation is 3. The molecule has 0 fully saturated rings. The van der Waals surface area contributed by atoms with Crippen LogP contribution in [0.5, 0.6) is 0 Å². The van der Waals surface area contributed by atoms with Crippen LogP contribution in [0.2, 0.25) is 0 Å². The Bertz CT molecular complexity index is 673. The van der Waals surface area contributed by atoms with Gasteiger partial charge >= 0.3 is 0 Å². The summed E-state index contributed by atoms with van der Waals surface area (Å²) in [6.45, 7) is 1.84. The number of benzene rings is 2. The number of ketones is 1. The number of fused-ring (bicyclic) bond motifs is 1. The Balaban J connectivity index is 1.82. The van der Waals surface area contributed by atoms with Gasteiger partial charge in [0.05, 0.1) is 0 Å². The molecule has 1 aliphatic carbocycles. The molecular formula is C18H17FO. The molecule has 2 aromatic carbocycles. The summed E-state index contributed by atoms with van der Waals surface area (Å²) in [5.41, 5.74) is 5.19. The summed E-state index contributed by atoms with van der Waals surface area (Å²) in [5.74, 6) is -0.148. The van der Waals surface area contributed by atoms with Crippen molar-refractivity contribution in [2.75, 3.05) is 0 Å². The maximum absolute atomic E-state index is 13.1. The molecule has 0 spiro atoms. The number of Topliss-reactive ketones (excluding diaryl/α,β-unsaturated/α-hetero) is 1. The van der Waals surface area contributed by atoms with E-state index >= 15 is 0 Å². The van der Waals surface area contributed by atoms with Crippen LogP contribution in [-0.2, 0) is 19.3 Å². The van der Waals surface area contributed by atoms with Crippen molar-refractivity contribution < 1.29 is 9.18 Å². The molecule has 1 aliphatic rings. The van der Waals surface area contributed by atoms with E-state index in [0.29, 0.717) is 6.42 Å². The van der Waals surface area contributed by atoms with Crippen LogP contribution in [0.25, 0.3) is 0 Å². The molecule has 0 aromatic heterocycles. The van der Waals surface area contributed by atoms with E-state index in [2.05, 4.69) is 6.07 Å². The molecule has 2 aromatic rings. The number of carbonyl (C=O) groups excluding carboxylic acids is 1. The average Bonchev–Trinajstić information content (AvgIpc) is 2.89. The molecule has 2 heteroatoms. The van der Waals surface area contributed by atoms with Gasteiger partial charge in [0, 0.05) is 12.0 Å². The average molecular weight is 268 g/mol. The molecule has 0 saturated carbocycles. The smallest absolute Gasteiger partial charge is 0.167 e. The highest BCUT2D eigenvalue weighted by molar-refractivity contribution is 5.98. The van der Waals surface area contributed by atoms with Gasteiger partial charge in [-0.1, -0.05) is 18.2 Å². The van der Waals surface area contributed by atoms with Gasteiger partial charge in [0.25, 0.3) is 0 Å². The lowest BCUT2D eigenvalue weighted by Crippen LogP contribution is -2.06. The van der Waals surface area contributed by atoms with Gasteiger partial charge in [0.1, 0.15) is 5.82 Å². The van der Waals surface area contributed by atoms with Gasteiger partial charge in [-0.2, -0.15) is 0 Å². The second kappa shape index (κ2) is 5.20. The zero-order valence-electron chi connectivity index (χ0n) is 11.6. The van der Waals surface area contributed by atoms with Crippen molar-refractivity contribution in [3.05, 3.63) is 70.0 Å². The van der Waals surface area contributed by atoms with E-state index in [1.54, 1.807) is 6.07 Å². The molecule has 0 N–H and O–H groups in total. The van der Waals surface area contributed by atoms with E-state index in [4.69, 9.17) is 0 Å². The largest absolute Gasteiger partial charge is 0.294 e. The molecule has 1 nitrogen and oxygen atoms in total. The topological polar surface area (TPSA) is 17.1 Å². The van der Waals surface area contributed by atoms with E-state index in [-0.39, 0.29) is 11.6 Å². The standard InChI is InChI=1S/C18H17FO/c1-12-9-17(19)8-7-14(12)11-18(20)16-6-5-13-3-2-4-15(13)10-16/h5-10H,2-4,11H2,1H3. The van der Waals surface area contributed by atoms with Crippen molar-refractivity contribution in [2.24, 2.45) is 0 Å². The van der Waals surface area contributed by atoms with Crippen LogP contribution in [0.4, 0.5) is 4.39 Å². The number of halogens is 1. The number of rotatable bonds is 3. The first kappa shape index (κ1) is 13.0. The predicted molar refractivity (Wildman–Crippen MR) is 77.6 cm³/mol. The summed E-state index contributed by atoms with van der Waals surface area (Å²) in [5, 5.41) is 0. The fraction of sp³-hybridized carbons (Fsp3) is 0.278. The molecular weight excluding hydrogens is 251 g/mol. The van der Waals surface area contributed by atoms with Crippen molar-refractivity contribution in [1.82, 2.24) is 0 Å². The van der Waals surface area contributed by atoms with Crippen LogP contribution in [0.15, 0.2) is 36.4 Å². The van der Waals surface area contributed by atoms with Crippen LogP contribution in [0.3, 0.4) is 0 Å². The summed E-state index contributed by atoms with van der Waals surface area (Å²) in [6, 6.07) is 10.6. The molecule has 20 heavy (non-hydrogen) atoms. The van der Waals surface area contributed by atoms with Crippen LogP contribution in [0.1, 0.15) is 39.0 Å². The number of hydrogen-bond donors (Lipinski definition) is 0. The monoisotopic (exact) mass is 268 g/mol. The van der Waals surface area contributed by atoms with Crippen molar-refractivity contribution in [3.63, 3.8) is 0 Å². The van der Waals surface area contributed by atoms with Gasteiger partial charge in [-0.25, -0.2) is 4.39 Å². The summed E-state index contributed by atoms with van der Waals surface area (Å²) < 4.78 is 13.1. The fourth-order valence-electron chi connectivity index (χ4n) is 2.88. The van der Waals surface area contributed by atoms with Crippen LogP contribution in [-0.4, -0.2) is 5.78 Å². The predicted octanol–water partition coefficient (Wildman–Crippen LogP) is 4.05. The Kier molecular flexibility index (Phi) is 3.39. The van der Waals surface area contributed by atoms with E-state index in [0.717, 1.165) is 29.5 Å². The first-order valence-corrected chi connectivity index (χ1v) is 7.03. The zero-order chi connectivity index (χ0) is 14.1. The third-order valence-electron chi connectivity index (χ3n) is 4.08. The molecule has 0 radical (unpaired) electrons.